The van der Waals surface area contributed by atoms with Crippen molar-refractivity contribution in [2.75, 3.05) is 7.11 Å². The Balaban J connectivity index is 3.08. The Bertz CT molecular complexity index is 296. The van der Waals surface area contributed by atoms with E-state index in [0.717, 1.165) is 0 Å². The van der Waals surface area contributed by atoms with Crippen molar-refractivity contribution in [3.8, 4) is 0 Å². The van der Waals surface area contributed by atoms with Gasteiger partial charge < -0.3 is 0 Å². The van der Waals surface area contributed by atoms with Crippen molar-refractivity contribution in [2.24, 2.45) is 0 Å². The van der Waals surface area contributed by atoms with Crippen molar-refractivity contribution >= 4 is 28.9 Å². The van der Waals surface area contributed by atoms with E-state index in [1.165, 1.54) is 19.2 Å². The molecule has 0 amide bonds. The summed E-state index contributed by atoms with van der Waals surface area (Å²) in [6, 6.07) is 2.70. The molecule has 0 saturated heterocycles. The zero-order valence-corrected chi connectivity index (χ0v) is 7.63. The fraction of sp³-hybridized carbons (Fsp3) is 0.167. The highest BCUT2D eigenvalue weighted by atomic mass is 35.5. The molecule has 0 bridgehead atoms. The van der Waals surface area contributed by atoms with Crippen LogP contribution in [0.1, 0.15) is 0 Å². The van der Waals surface area contributed by atoms with Crippen LogP contribution in [0, 0.1) is 4.91 Å². The van der Waals surface area contributed by atoms with Gasteiger partial charge in [-0.25, -0.2) is 9.82 Å². The van der Waals surface area contributed by atoms with Gasteiger partial charge in [-0.3, -0.25) is 0 Å². The van der Waals surface area contributed by atoms with Crippen LogP contribution in [-0.2, 0) is 4.84 Å². The minimum absolute atomic E-state index is 0.149. The lowest BCUT2D eigenvalue weighted by molar-refractivity contribution is -0.736. The predicted octanol–water partition coefficient (Wildman–Crippen LogP) is 2.36. The van der Waals surface area contributed by atoms with Gasteiger partial charge in [-0.1, -0.05) is 23.2 Å². The summed E-state index contributed by atoms with van der Waals surface area (Å²) in [7, 11) is 1.25. The van der Waals surface area contributed by atoms with Crippen molar-refractivity contribution in [1.29, 1.82) is 0 Å². The summed E-state index contributed by atoms with van der Waals surface area (Å²) >= 11 is 11.1. The summed E-state index contributed by atoms with van der Waals surface area (Å²) in [6.07, 6.45) is 0. The van der Waals surface area contributed by atoms with Gasteiger partial charge in [0.15, 0.2) is 7.11 Å². The monoisotopic (exact) mass is 207 g/mol. The second-order valence-corrected chi connectivity index (χ2v) is 2.68. The first kappa shape index (κ1) is 9.22. The number of aromatic nitrogens is 1. The van der Waals surface area contributed by atoms with E-state index in [2.05, 4.69) is 9.82 Å². The number of hydrogen-bond acceptors (Lipinski definition) is 3. The van der Waals surface area contributed by atoms with Gasteiger partial charge in [-0.15, -0.1) is 0 Å². The van der Waals surface area contributed by atoms with Crippen molar-refractivity contribution in [2.45, 2.75) is 0 Å². The fourth-order valence-corrected chi connectivity index (χ4v) is 1.11. The molecule has 1 aromatic rings. The normalized spacial score (nSPS) is 9.58. The Kier molecular flexibility index (Phi) is 2.83. The van der Waals surface area contributed by atoms with Gasteiger partial charge in [0.2, 0.25) is 0 Å². The molecule has 0 aliphatic carbocycles. The van der Waals surface area contributed by atoms with Crippen LogP contribution in [0.4, 0.5) is 5.69 Å². The van der Waals surface area contributed by atoms with Gasteiger partial charge in [-0.2, -0.15) is 0 Å². The standard InChI is InChI=1S/C6H5Cl2N2O2/c1-12-10(11)4-2-5(7)9-6(8)3-4/h2-3H,1H3/q+1. The van der Waals surface area contributed by atoms with Crippen LogP contribution in [0.5, 0.6) is 0 Å². The van der Waals surface area contributed by atoms with Crippen molar-refractivity contribution in [3.05, 3.63) is 27.3 Å². The minimum atomic E-state index is 0.149. The summed E-state index contributed by atoms with van der Waals surface area (Å²) in [5.74, 6) is 0. The Hall–Kier alpha value is -0.870. The summed E-state index contributed by atoms with van der Waals surface area (Å²) in [6.45, 7) is 0. The summed E-state index contributed by atoms with van der Waals surface area (Å²) in [5, 5.41) is 0.297. The highest BCUT2D eigenvalue weighted by Crippen LogP contribution is 2.20. The van der Waals surface area contributed by atoms with Crippen molar-refractivity contribution in [1.82, 2.24) is 4.98 Å². The van der Waals surface area contributed by atoms with Gasteiger partial charge in [-0.05, 0) is 0 Å². The maximum absolute atomic E-state index is 10.9. The molecule has 0 aromatic carbocycles. The van der Waals surface area contributed by atoms with Crippen LogP contribution in [-0.4, -0.2) is 17.0 Å². The molecule has 64 valence electrons. The van der Waals surface area contributed by atoms with E-state index in [1.807, 2.05) is 0 Å². The minimum Gasteiger partial charge on any atom is -0.230 e. The van der Waals surface area contributed by atoms with Crippen LogP contribution >= 0.6 is 23.2 Å². The van der Waals surface area contributed by atoms with E-state index in [9.17, 15) is 4.91 Å². The molecule has 6 heteroatoms. The van der Waals surface area contributed by atoms with Crippen LogP contribution < -0.4 is 0 Å². The number of rotatable bonds is 2. The molecule has 1 aromatic heterocycles. The zero-order chi connectivity index (χ0) is 9.14. The third kappa shape index (κ3) is 2.06. The van der Waals surface area contributed by atoms with E-state index in [-0.39, 0.29) is 16.0 Å². The smallest absolute Gasteiger partial charge is 0.230 e. The number of pyridine rings is 1. The van der Waals surface area contributed by atoms with Gasteiger partial charge in [0.25, 0.3) is 4.92 Å². The highest BCUT2D eigenvalue weighted by molar-refractivity contribution is 6.32. The van der Waals surface area contributed by atoms with Crippen LogP contribution in [0.15, 0.2) is 12.1 Å². The van der Waals surface area contributed by atoms with Crippen molar-refractivity contribution in [3.63, 3.8) is 0 Å². The molecule has 0 saturated carbocycles. The molecule has 1 rings (SSSR count). The van der Waals surface area contributed by atoms with Crippen LogP contribution in [0.25, 0.3) is 0 Å². The first-order chi connectivity index (χ1) is 5.63. The molecule has 0 aliphatic heterocycles. The number of nitrogens with zero attached hydrogens (tertiary/aromatic N) is 2. The van der Waals surface area contributed by atoms with E-state index in [1.54, 1.807) is 0 Å². The summed E-state index contributed by atoms with van der Waals surface area (Å²) < 4.78 is 0. The maximum Gasteiger partial charge on any atom is 0.322 e. The summed E-state index contributed by atoms with van der Waals surface area (Å²) in [5.41, 5.74) is 0.211. The molecule has 1 heterocycles. The second kappa shape index (κ2) is 3.69. The van der Waals surface area contributed by atoms with E-state index in [4.69, 9.17) is 23.2 Å². The average Bonchev–Trinajstić information content (AvgIpc) is 2.01. The van der Waals surface area contributed by atoms with Gasteiger partial charge in [0.1, 0.15) is 10.3 Å². The Labute approximate surface area is 78.6 Å². The molecule has 0 fully saturated rings. The maximum atomic E-state index is 10.9. The predicted molar refractivity (Wildman–Crippen MR) is 44.6 cm³/mol. The first-order valence-corrected chi connectivity index (χ1v) is 3.73. The van der Waals surface area contributed by atoms with Gasteiger partial charge >= 0.3 is 5.69 Å². The Morgan fingerprint density at radius 1 is 1.42 bits per heavy atom. The third-order valence-corrected chi connectivity index (χ3v) is 1.51. The summed E-state index contributed by atoms with van der Waals surface area (Å²) in [4.78, 5) is 19.2. The van der Waals surface area contributed by atoms with Crippen LogP contribution in [0.3, 0.4) is 0 Å². The van der Waals surface area contributed by atoms with Gasteiger partial charge in [0, 0.05) is 0 Å². The van der Waals surface area contributed by atoms with E-state index >= 15 is 0 Å². The molecule has 12 heavy (non-hydrogen) atoms. The molecule has 0 atom stereocenters. The lowest BCUT2D eigenvalue weighted by atomic mass is 10.4. The quantitative estimate of drug-likeness (QED) is 0.553. The molecule has 0 N–H and O–H groups in total. The molecule has 4 nitrogen and oxygen atoms in total. The molecule has 0 spiro atoms. The molecular formula is C6H5Cl2N2O2+. The Morgan fingerprint density at radius 2 is 1.92 bits per heavy atom. The van der Waals surface area contributed by atoms with Gasteiger partial charge in [0.05, 0.1) is 17.0 Å². The largest absolute Gasteiger partial charge is 0.322 e. The SMILES string of the molecule is CO[N+](=O)c1cc(Cl)nc(Cl)c1. The fourth-order valence-electron chi connectivity index (χ4n) is 0.663. The van der Waals surface area contributed by atoms with E-state index < -0.39 is 0 Å². The lowest BCUT2D eigenvalue weighted by Crippen LogP contribution is -1.98. The Morgan fingerprint density at radius 3 is 2.33 bits per heavy atom. The molecule has 0 unspecified atom stereocenters. The molecule has 0 aliphatic rings. The van der Waals surface area contributed by atoms with Crippen LogP contribution in [0.2, 0.25) is 10.3 Å². The first-order valence-electron chi connectivity index (χ1n) is 2.98. The number of halogens is 2. The second-order valence-electron chi connectivity index (χ2n) is 1.91. The highest BCUT2D eigenvalue weighted by Gasteiger charge is 2.16. The van der Waals surface area contributed by atoms with E-state index in [0.29, 0.717) is 4.92 Å². The number of hydrogen-bond donors (Lipinski definition) is 0. The zero-order valence-electron chi connectivity index (χ0n) is 6.12. The van der Waals surface area contributed by atoms with Crippen molar-refractivity contribution < 1.29 is 9.76 Å². The molecular weight excluding hydrogens is 203 g/mol. The third-order valence-electron chi connectivity index (χ3n) is 1.12. The topological polar surface area (TPSA) is 42.2 Å². The lowest BCUT2D eigenvalue weighted by Gasteiger charge is -1.91. The average molecular weight is 208 g/mol. The molecule has 0 radical (unpaired) electrons.